The van der Waals surface area contributed by atoms with Gasteiger partial charge in [0.1, 0.15) is 0 Å². The fourth-order valence-electron chi connectivity index (χ4n) is 7.41. The van der Waals surface area contributed by atoms with Gasteiger partial charge in [0, 0.05) is 38.3 Å². The largest absolute Gasteiger partial charge is 0.310 e. The highest BCUT2D eigenvalue weighted by molar-refractivity contribution is 6.11. The van der Waals surface area contributed by atoms with E-state index in [0.717, 1.165) is 77.2 Å². The quantitative estimate of drug-likeness (QED) is 0.181. The SMILES string of the molecule is [C-]#[N+]c1ccc2c3ccccc3n(-c3cccc(C#N)c3-c3cccc(-c4cccc(-n5c6ccccc6c6cc(C#N)ccc65)c4)c3)c2c1. The third-order valence-corrected chi connectivity index (χ3v) is 9.58. The van der Waals surface area contributed by atoms with Crippen molar-refractivity contribution in [3.05, 3.63) is 174 Å². The van der Waals surface area contributed by atoms with Crippen LogP contribution < -0.4 is 0 Å². The van der Waals surface area contributed by atoms with Crippen molar-refractivity contribution in [3.63, 3.8) is 0 Å². The third-order valence-electron chi connectivity index (χ3n) is 9.58. The molecule has 9 aromatic rings. The summed E-state index contributed by atoms with van der Waals surface area (Å²) in [7, 11) is 0. The van der Waals surface area contributed by atoms with E-state index in [1.807, 2.05) is 78.9 Å². The summed E-state index contributed by atoms with van der Waals surface area (Å²) in [6.07, 6.45) is 0. The molecule has 5 nitrogen and oxygen atoms in total. The van der Waals surface area contributed by atoms with E-state index in [4.69, 9.17) is 6.57 Å². The van der Waals surface area contributed by atoms with Crippen molar-refractivity contribution in [2.75, 3.05) is 0 Å². The number of rotatable bonds is 4. The van der Waals surface area contributed by atoms with Gasteiger partial charge in [-0.3, -0.25) is 0 Å². The molecule has 50 heavy (non-hydrogen) atoms. The first-order chi connectivity index (χ1) is 24.7. The number of hydrogen-bond acceptors (Lipinski definition) is 2. The Bertz CT molecular complexity index is 2970. The minimum Gasteiger partial charge on any atom is -0.310 e. The molecule has 2 aromatic heterocycles. The summed E-state index contributed by atoms with van der Waals surface area (Å²) >= 11 is 0. The molecule has 0 bridgehead atoms. The molecule has 0 N–H and O–H groups in total. The third kappa shape index (κ3) is 4.38. The van der Waals surface area contributed by atoms with Crippen molar-refractivity contribution in [1.82, 2.24) is 9.13 Å². The number of nitriles is 2. The second-order valence-corrected chi connectivity index (χ2v) is 12.3. The van der Waals surface area contributed by atoms with Gasteiger partial charge in [-0.05, 0) is 83.4 Å². The first kappa shape index (κ1) is 28.8. The predicted molar refractivity (Wildman–Crippen MR) is 202 cm³/mol. The molecule has 2 heterocycles. The molecule has 0 aliphatic carbocycles. The number of nitrogens with zero attached hydrogens (tertiary/aromatic N) is 5. The van der Waals surface area contributed by atoms with Gasteiger partial charge in [-0.2, -0.15) is 10.5 Å². The second kappa shape index (κ2) is 11.4. The molecule has 0 amide bonds. The molecule has 0 atom stereocenters. The molecule has 0 radical (unpaired) electrons. The number of aromatic nitrogens is 2. The summed E-state index contributed by atoms with van der Waals surface area (Å²) in [5, 5.41) is 24.3. The number of para-hydroxylation sites is 2. The maximum Gasteiger partial charge on any atom is 0.189 e. The molecule has 0 spiro atoms. The lowest BCUT2D eigenvalue weighted by molar-refractivity contribution is 1.18. The van der Waals surface area contributed by atoms with Crippen LogP contribution in [-0.2, 0) is 0 Å². The van der Waals surface area contributed by atoms with E-state index in [0.29, 0.717) is 16.8 Å². The van der Waals surface area contributed by atoms with E-state index >= 15 is 0 Å². The van der Waals surface area contributed by atoms with Crippen molar-refractivity contribution in [1.29, 1.82) is 10.5 Å². The normalized spacial score (nSPS) is 11.1. The van der Waals surface area contributed by atoms with Crippen LogP contribution in [0.15, 0.2) is 152 Å². The Kier molecular flexibility index (Phi) is 6.56. The van der Waals surface area contributed by atoms with Gasteiger partial charge >= 0.3 is 0 Å². The summed E-state index contributed by atoms with van der Waals surface area (Å²) in [5.41, 5.74) is 11.5. The first-order valence-corrected chi connectivity index (χ1v) is 16.3. The maximum atomic E-state index is 10.4. The Morgan fingerprint density at radius 2 is 1.14 bits per heavy atom. The Labute approximate surface area is 288 Å². The van der Waals surface area contributed by atoms with E-state index in [-0.39, 0.29) is 0 Å². The molecule has 0 unspecified atom stereocenters. The Balaban J connectivity index is 1.23. The average Bonchev–Trinajstić information content (AvgIpc) is 3.69. The number of hydrogen-bond donors (Lipinski definition) is 0. The lowest BCUT2D eigenvalue weighted by atomic mass is 9.94. The van der Waals surface area contributed by atoms with Crippen molar-refractivity contribution in [2.24, 2.45) is 0 Å². The first-order valence-electron chi connectivity index (χ1n) is 16.3. The monoisotopic (exact) mass is 635 g/mol. The van der Waals surface area contributed by atoms with Crippen molar-refractivity contribution in [2.45, 2.75) is 0 Å². The van der Waals surface area contributed by atoms with E-state index < -0.39 is 0 Å². The van der Waals surface area contributed by atoms with Gasteiger partial charge in [0.25, 0.3) is 0 Å². The minimum atomic E-state index is 0.565. The molecule has 0 aliphatic rings. The van der Waals surface area contributed by atoms with Crippen LogP contribution in [0.5, 0.6) is 0 Å². The van der Waals surface area contributed by atoms with Crippen LogP contribution in [0.3, 0.4) is 0 Å². The van der Waals surface area contributed by atoms with E-state index in [2.05, 4.69) is 98.9 Å². The van der Waals surface area contributed by atoms with Crippen LogP contribution >= 0.6 is 0 Å². The summed E-state index contributed by atoms with van der Waals surface area (Å²) in [6, 6.07) is 55.6. The molecular formula is C45H25N5. The lowest BCUT2D eigenvalue weighted by Crippen LogP contribution is -1.99. The predicted octanol–water partition coefficient (Wildman–Crippen LogP) is 11.5. The zero-order valence-corrected chi connectivity index (χ0v) is 26.7. The van der Waals surface area contributed by atoms with Gasteiger partial charge in [-0.1, -0.05) is 84.9 Å². The van der Waals surface area contributed by atoms with E-state index in [1.54, 1.807) is 0 Å². The van der Waals surface area contributed by atoms with Gasteiger partial charge in [0.2, 0.25) is 0 Å². The fraction of sp³-hybridized carbons (Fsp3) is 0. The molecule has 5 heteroatoms. The number of fused-ring (bicyclic) bond motifs is 6. The Hall–Kier alpha value is -7.39. The maximum absolute atomic E-state index is 10.4. The van der Waals surface area contributed by atoms with Crippen molar-refractivity contribution >= 4 is 49.3 Å². The standard InChI is InChI=1S/C45H25N5/c1-48-34-20-21-38-36-14-2-5-17-41(36)50(44(38)26-34)43-18-8-12-33(28-47)45(43)32-11-6-9-30(24-32)31-10-7-13-35(25-31)49-40-16-4-3-15-37(40)39-23-29(27-46)19-22-42(39)49/h2-26H. The minimum absolute atomic E-state index is 0.565. The van der Waals surface area contributed by atoms with Gasteiger partial charge < -0.3 is 9.13 Å². The van der Waals surface area contributed by atoms with Crippen LogP contribution in [0.4, 0.5) is 5.69 Å². The Morgan fingerprint density at radius 3 is 1.92 bits per heavy atom. The van der Waals surface area contributed by atoms with Gasteiger partial charge in [-0.25, -0.2) is 4.85 Å². The Morgan fingerprint density at radius 1 is 0.480 bits per heavy atom. The lowest BCUT2D eigenvalue weighted by Gasteiger charge is -2.17. The van der Waals surface area contributed by atoms with Crippen LogP contribution in [-0.4, -0.2) is 9.13 Å². The smallest absolute Gasteiger partial charge is 0.189 e. The van der Waals surface area contributed by atoms with Crippen LogP contribution in [0.1, 0.15) is 11.1 Å². The van der Waals surface area contributed by atoms with Gasteiger partial charge in [0.05, 0.1) is 52.1 Å². The highest BCUT2D eigenvalue weighted by Gasteiger charge is 2.19. The van der Waals surface area contributed by atoms with Gasteiger partial charge in [-0.15, -0.1) is 0 Å². The van der Waals surface area contributed by atoms with Crippen LogP contribution in [0.2, 0.25) is 0 Å². The molecule has 0 saturated carbocycles. The second-order valence-electron chi connectivity index (χ2n) is 12.3. The molecule has 7 aromatic carbocycles. The molecule has 9 rings (SSSR count). The molecule has 0 aliphatic heterocycles. The summed E-state index contributed by atoms with van der Waals surface area (Å²) < 4.78 is 4.44. The zero-order valence-electron chi connectivity index (χ0n) is 26.7. The molecule has 230 valence electrons. The highest BCUT2D eigenvalue weighted by Crippen LogP contribution is 2.40. The van der Waals surface area contributed by atoms with Crippen molar-refractivity contribution < 1.29 is 0 Å². The molecule has 0 fully saturated rings. The van der Waals surface area contributed by atoms with Crippen molar-refractivity contribution in [3.8, 4) is 45.8 Å². The van der Waals surface area contributed by atoms with E-state index in [1.165, 1.54) is 0 Å². The highest BCUT2D eigenvalue weighted by atomic mass is 15.0. The average molecular weight is 636 g/mol. The summed E-state index contributed by atoms with van der Waals surface area (Å²) in [5.74, 6) is 0. The van der Waals surface area contributed by atoms with Crippen LogP contribution in [0, 0.1) is 29.2 Å². The van der Waals surface area contributed by atoms with E-state index in [9.17, 15) is 10.5 Å². The topological polar surface area (TPSA) is 61.8 Å². The summed E-state index contributed by atoms with van der Waals surface area (Å²) in [4.78, 5) is 3.72. The zero-order chi connectivity index (χ0) is 33.8. The number of benzene rings is 7. The summed E-state index contributed by atoms with van der Waals surface area (Å²) in [6.45, 7) is 7.69. The van der Waals surface area contributed by atoms with Gasteiger partial charge in [0.15, 0.2) is 5.69 Å². The molecule has 0 saturated heterocycles. The fourth-order valence-corrected chi connectivity index (χ4v) is 7.41. The van der Waals surface area contributed by atoms with Crippen LogP contribution in [0.25, 0.3) is 82.1 Å². The molecular weight excluding hydrogens is 611 g/mol.